The largest absolute Gasteiger partial charge is 0.467 e. The summed E-state index contributed by atoms with van der Waals surface area (Å²) in [6.07, 6.45) is 3.85. The van der Waals surface area contributed by atoms with Gasteiger partial charge in [0.1, 0.15) is 11.5 Å². The maximum absolute atomic E-state index is 14.3. The van der Waals surface area contributed by atoms with Crippen LogP contribution in [0.3, 0.4) is 0 Å². The van der Waals surface area contributed by atoms with Crippen LogP contribution < -0.4 is 4.90 Å². The highest BCUT2D eigenvalue weighted by Crippen LogP contribution is 2.60. The zero-order valence-electron chi connectivity index (χ0n) is 18.3. The number of para-hydroxylation sites is 1. The van der Waals surface area contributed by atoms with Gasteiger partial charge in [0.2, 0.25) is 0 Å². The van der Waals surface area contributed by atoms with E-state index < -0.39 is 29.4 Å². The molecule has 0 saturated carbocycles. The Morgan fingerprint density at radius 1 is 0.912 bits per heavy atom. The lowest BCUT2D eigenvalue weighted by Gasteiger charge is -2.36. The topological polar surface area (TPSA) is 63.7 Å². The minimum Gasteiger partial charge on any atom is -0.467 e. The minimum atomic E-state index is -1.49. The maximum Gasteiger partial charge on any atom is 0.329 e. The zero-order chi connectivity index (χ0) is 23.6. The van der Waals surface area contributed by atoms with Crippen molar-refractivity contribution in [3.05, 3.63) is 106 Å². The number of hydrogen-bond donors (Lipinski definition) is 0. The molecule has 1 aliphatic carbocycles. The lowest BCUT2D eigenvalue weighted by molar-refractivity contribution is -0.142. The van der Waals surface area contributed by atoms with E-state index in [1.165, 1.54) is 7.11 Å². The molecule has 0 amide bonds. The number of Topliss-reactive ketones (excluding diaryl/α,β-unsaturated/α-hetero) is 2. The van der Waals surface area contributed by atoms with E-state index in [1.807, 2.05) is 65.6 Å². The fourth-order valence-corrected chi connectivity index (χ4v) is 6.32. The predicted octanol–water partition coefficient (Wildman–Crippen LogP) is 5.06. The number of anilines is 1. The Labute approximate surface area is 205 Å². The number of nitrogens with zero attached hydrogens (tertiary/aromatic N) is 1. The van der Waals surface area contributed by atoms with Gasteiger partial charge in [0, 0.05) is 27.2 Å². The summed E-state index contributed by atoms with van der Waals surface area (Å²) in [6, 6.07) is 20.7. The van der Waals surface area contributed by atoms with Gasteiger partial charge in [0.25, 0.3) is 0 Å². The van der Waals surface area contributed by atoms with Crippen LogP contribution in [0.25, 0.3) is 6.08 Å². The summed E-state index contributed by atoms with van der Waals surface area (Å²) >= 11 is 3.47. The number of fused-ring (bicyclic) bond motifs is 5. The van der Waals surface area contributed by atoms with Gasteiger partial charge in [0.15, 0.2) is 11.6 Å². The third-order valence-electron chi connectivity index (χ3n) is 7.38. The van der Waals surface area contributed by atoms with Crippen molar-refractivity contribution in [2.75, 3.05) is 12.0 Å². The third-order valence-corrected chi connectivity index (χ3v) is 7.91. The number of carbonyl (C=O) groups excluding carboxylic acids is 3. The Morgan fingerprint density at radius 2 is 1.53 bits per heavy atom. The van der Waals surface area contributed by atoms with Crippen LogP contribution in [0.15, 0.2) is 83.3 Å². The van der Waals surface area contributed by atoms with Crippen molar-refractivity contribution in [3.8, 4) is 0 Å². The molecule has 34 heavy (non-hydrogen) atoms. The van der Waals surface area contributed by atoms with Crippen molar-refractivity contribution in [1.82, 2.24) is 0 Å². The second-order valence-corrected chi connectivity index (χ2v) is 9.76. The highest BCUT2D eigenvalue weighted by Gasteiger charge is 2.71. The van der Waals surface area contributed by atoms with Gasteiger partial charge < -0.3 is 9.64 Å². The molecular weight excluding hydrogens is 494 g/mol. The third kappa shape index (κ3) is 2.57. The van der Waals surface area contributed by atoms with Gasteiger partial charge in [-0.05, 0) is 29.3 Å². The van der Waals surface area contributed by atoms with Gasteiger partial charge in [-0.2, -0.15) is 0 Å². The smallest absolute Gasteiger partial charge is 0.329 e. The number of ketones is 2. The number of methoxy groups -OCH3 is 1. The number of esters is 1. The summed E-state index contributed by atoms with van der Waals surface area (Å²) in [5.74, 6) is -1.70. The average Bonchev–Trinajstić information content (AvgIpc) is 3.31. The van der Waals surface area contributed by atoms with Crippen molar-refractivity contribution in [1.29, 1.82) is 0 Å². The molecule has 3 aromatic carbocycles. The monoisotopic (exact) mass is 513 g/mol. The molecule has 2 aliphatic heterocycles. The van der Waals surface area contributed by atoms with Crippen LogP contribution in [0.4, 0.5) is 5.69 Å². The summed E-state index contributed by atoms with van der Waals surface area (Å²) in [5.41, 5.74) is 1.81. The van der Waals surface area contributed by atoms with E-state index in [0.29, 0.717) is 11.1 Å². The Hall–Kier alpha value is -3.51. The van der Waals surface area contributed by atoms with Crippen LogP contribution in [-0.2, 0) is 9.53 Å². The summed E-state index contributed by atoms with van der Waals surface area (Å²) in [6.45, 7) is 0. The van der Waals surface area contributed by atoms with Crippen molar-refractivity contribution < 1.29 is 19.1 Å². The molecule has 3 atom stereocenters. The van der Waals surface area contributed by atoms with Crippen LogP contribution in [0.1, 0.15) is 37.8 Å². The lowest BCUT2D eigenvalue weighted by atomic mass is 9.65. The van der Waals surface area contributed by atoms with E-state index in [-0.39, 0.29) is 11.6 Å². The molecule has 0 aromatic heterocycles. The maximum atomic E-state index is 14.3. The van der Waals surface area contributed by atoms with Crippen LogP contribution in [-0.4, -0.2) is 36.7 Å². The molecule has 0 radical (unpaired) electrons. The Balaban J connectivity index is 1.69. The van der Waals surface area contributed by atoms with Gasteiger partial charge in [0.05, 0.1) is 13.2 Å². The Bertz CT molecular complexity index is 1360. The summed E-state index contributed by atoms with van der Waals surface area (Å²) in [4.78, 5) is 43.9. The molecule has 3 aliphatic rings. The van der Waals surface area contributed by atoms with Gasteiger partial charge in [-0.25, -0.2) is 4.79 Å². The highest BCUT2D eigenvalue weighted by atomic mass is 79.9. The molecule has 1 saturated heterocycles. The van der Waals surface area contributed by atoms with Crippen molar-refractivity contribution in [2.45, 2.75) is 18.0 Å². The van der Waals surface area contributed by atoms with Crippen molar-refractivity contribution in [3.63, 3.8) is 0 Å². The fraction of sp³-hybridized carbons (Fsp3) is 0.179. The highest BCUT2D eigenvalue weighted by molar-refractivity contribution is 9.10. The first-order valence-corrected chi connectivity index (χ1v) is 11.9. The van der Waals surface area contributed by atoms with E-state index in [2.05, 4.69) is 15.9 Å². The van der Waals surface area contributed by atoms with Crippen LogP contribution in [0.5, 0.6) is 0 Å². The number of hydrogen-bond acceptors (Lipinski definition) is 5. The van der Waals surface area contributed by atoms with E-state index in [9.17, 15) is 14.4 Å². The normalized spacial score (nSPS) is 23.6. The molecular formula is C28H20BrNO4. The second-order valence-electron chi connectivity index (χ2n) is 8.84. The van der Waals surface area contributed by atoms with Crippen LogP contribution in [0.2, 0.25) is 0 Å². The Morgan fingerprint density at radius 3 is 2.18 bits per heavy atom. The average molecular weight is 514 g/mol. The van der Waals surface area contributed by atoms with Gasteiger partial charge in [-0.15, -0.1) is 0 Å². The zero-order valence-corrected chi connectivity index (χ0v) is 19.9. The van der Waals surface area contributed by atoms with Gasteiger partial charge in [-0.1, -0.05) is 82.7 Å². The molecule has 1 unspecified atom stereocenters. The first-order chi connectivity index (χ1) is 16.5. The van der Waals surface area contributed by atoms with Gasteiger partial charge >= 0.3 is 5.97 Å². The molecule has 0 N–H and O–H groups in total. The van der Waals surface area contributed by atoms with Gasteiger partial charge in [-0.3, -0.25) is 9.59 Å². The molecule has 168 valence electrons. The fourth-order valence-electron chi connectivity index (χ4n) is 6.05. The van der Waals surface area contributed by atoms with E-state index in [0.717, 1.165) is 21.3 Å². The summed E-state index contributed by atoms with van der Waals surface area (Å²) in [7, 11) is 1.35. The number of benzene rings is 3. The minimum absolute atomic E-state index is 0.244. The van der Waals surface area contributed by atoms with Crippen molar-refractivity contribution in [2.24, 2.45) is 5.41 Å². The van der Waals surface area contributed by atoms with Crippen molar-refractivity contribution >= 4 is 45.2 Å². The number of rotatable bonds is 2. The predicted molar refractivity (Wildman–Crippen MR) is 132 cm³/mol. The molecule has 2 heterocycles. The summed E-state index contributed by atoms with van der Waals surface area (Å²) < 4.78 is 6.16. The number of ether oxygens (including phenoxy) is 1. The SMILES string of the molecule is COC(=O)[C@@H]1[C@@H](c2ccc(Br)cc2)C2(C(=O)c3ccccc3C2=O)C2C=Cc3ccccc3N21. The lowest BCUT2D eigenvalue weighted by Crippen LogP contribution is -2.48. The molecule has 0 bridgehead atoms. The molecule has 6 rings (SSSR count). The number of halogens is 1. The van der Waals surface area contributed by atoms with E-state index >= 15 is 0 Å². The molecule has 1 fully saturated rings. The quantitative estimate of drug-likeness (QED) is 0.354. The van der Waals surface area contributed by atoms with E-state index in [4.69, 9.17) is 4.74 Å². The van der Waals surface area contributed by atoms with Crippen LogP contribution >= 0.6 is 15.9 Å². The summed E-state index contributed by atoms with van der Waals surface area (Å²) in [5, 5.41) is 0. The second kappa shape index (κ2) is 7.50. The Kier molecular flexibility index (Phi) is 4.64. The molecule has 5 nitrogen and oxygen atoms in total. The number of carbonyl (C=O) groups is 3. The molecule has 6 heteroatoms. The standard InChI is InChI=1S/C28H20BrNO4/c1-34-27(33)24-23(17-10-13-18(29)14-11-17)28(25(31)19-7-3-4-8-20(19)26(28)32)22-15-12-16-6-2-5-9-21(16)30(22)24/h2-15,22-24H,1H3/t22?,23-,24+/m1/s1. The van der Waals surface area contributed by atoms with Crippen LogP contribution in [0, 0.1) is 5.41 Å². The molecule has 3 aromatic rings. The first-order valence-electron chi connectivity index (χ1n) is 11.1. The molecule has 1 spiro atoms. The van der Waals surface area contributed by atoms with E-state index in [1.54, 1.807) is 24.3 Å². The first kappa shape index (κ1) is 21.1.